The van der Waals surface area contributed by atoms with Crippen molar-refractivity contribution in [1.29, 1.82) is 0 Å². The number of hydrogen-bond acceptors (Lipinski definition) is 5. The van der Waals surface area contributed by atoms with Gasteiger partial charge in [0.15, 0.2) is 0 Å². The lowest BCUT2D eigenvalue weighted by Gasteiger charge is -2.22. The van der Waals surface area contributed by atoms with Crippen molar-refractivity contribution in [3.8, 4) is 22.5 Å². The molecule has 0 saturated heterocycles. The van der Waals surface area contributed by atoms with Gasteiger partial charge in [0, 0.05) is 42.2 Å². The molecule has 7 heteroatoms. The molecule has 2 aliphatic rings. The second kappa shape index (κ2) is 8.34. The van der Waals surface area contributed by atoms with Crippen molar-refractivity contribution < 1.29 is 19.2 Å². The minimum absolute atomic E-state index is 0.367. The van der Waals surface area contributed by atoms with E-state index < -0.39 is 6.09 Å². The molecule has 1 N–H and O–H groups in total. The van der Waals surface area contributed by atoms with Crippen LogP contribution in [-0.4, -0.2) is 47.0 Å². The summed E-state index contributed by atoms with van der Waals surface area (Å²) in [4.78, 5) is 21.8. The summed E-state index contributed by atoms with van der Waals surface area (Å²) in [5, 5.41) is 13.4. The molecule has 0 saturated carbocycles. The van der Waals surface area contributed by atoms with Gasteiger partial charge in [0.05, 0.1) is 5.71 Å². The summed E-state index contributed by atoms with van der Waals surface area (Å²) in [7, 11) is 1.57. The van der Waals surface area contributed by atoms with Gasteiger partial charge in [0.1, 0.15) is 18.6 Å². The minimum atomic E-state index is -0.896. The zero-order chi connectivity index (χ0) is 22.1. The summed E-state index contributed by atoms with van der Waals surface area (Å²) in [6, 6.07) is 12.3. The van der Waals surface area contributed by atoms with Gasteiger partial charge < -0.3 is 19.3 Å². The van der Waals surface area contributed by atoms with Crippen LogP contribution in [0.25, 0.3) is 28.0 Å². The lowest BCUT2D eigenvalue weighted by atomic mass is 9.97. The molecular weight excluding hydrogens is 406 g/mol. The van der Waals surface area contributed by atoms with Crippen molar-refractivity contribution in [3.05, 3.63) is 71.8 Å². The molecule has 1 aliphatic heterocycles. The van der Waals surface area contributed by atoms with Crippen molar-refractivity contribution in [3.63, 3.8) is 0 Å². The van der Waals surface area contributed by atoms with Crippen molar-refractivity contribution in [1.82, 2.24) is 9.88 Å². The van der Waals surface area contributed by atoms with Crippen molar-refractivity contribution >= 4 is 17.4 Å². The van der Waals surface area contributed by atoms with E-state index in [0.29, 0.717) is 19.5 Å². The zero-order valence-corrected chi connectivity index (χ0v) is 17.7. The normalized spacial score (nSPS) is 16.7. The number of benzene rings is 1. The first kappa shape index (κ1) is 20.1. The number of furan rings is 1. The van der Waals surface area contributed by atoms with E-state index in [9.17, 15) is 9.90 Å². The van der Waals surface area contributed by atoms with E-state index in [-0.39, 0.29) is 0 Å². The molecule has 1 aromatic carbocycles. The lowest BCUT2D eigenvalue weighted by Crippen LogP contribution is -2.33. The largest absolute Gasteiger partial charge is 0.465 e. The van der Waals surface area contributed by atoms with E-state index in [1.54, 1.807) is 19.5 Å². The number of oxime groups is 1. The van der Waals surface area contributed by atoms with Crippen molar-refractivity contribution in [2.45, 2.75) is 19.3 Å². The Morgan fingerprint density at radius 2 is 1.94 bits per heavy atom. The predicted octanol–water partition coefficient (Wildman–Crippen LogP) is 5.07. The van der Waals surface area contributed by atoms with E-state index in [2.05, 4.69) is 34.4 Å². The molecule has 7 nitrogen and oxygen atoms in total. The van der Waals surface area contributed by atoms with E-state index in [1.165, 1.54) is 10.5 Å². The fraction of sp³-hybridized carbons (Fsp3) is 0.240. The van der Waals surface area contributed by atoms with Crippen LogP contribution in [0.4, 0.5) is 4.79 Å². The van der Waals surface area contributed by atoms with E-state index >= 15 is 0 Å². The molecule has 162 valence electrons. The molecule has 0 spiro atoms. The molecular formula is C25H23N3O4. The van der Waals surface area contributed by atoms with Gasteiger partial charge in [0.25, 0.3) is 0 Å². The molecule has 2 aromatic heterocycles. The number of aryl methyl sites for hydroxylation is 1. The van der Waals surface area contributed by atoms with Gasteiger partial charge in [0.2, 0.25) is 0 Å². The van der Waals surface area contributed by atoms with E-state index in [0.717, 1.165) is 57.9 Å². The third-order valence-electron chi connectivity index (χ3n) is 6.03. The Morgan fingerprint density at radius 1 is 1.09 bits per heavy atom. The number of pyridine rings is 1. The highest BCUT2D eigenvalue weighted by Gasteiger charge is 2.24. The molecule has 32 heavy (non-hydrogen) atoms. The molecule has 1 amide bonds. The van der Waals surface area contributed by atoms with Crippen LogP contribution < -0.4 is 0 Å². The molecule has 0 fully saturated rings. The lowest BCUT2D eigenvalue weighted by molar-refractivity contribution is 0.150. The van der Waals surface area contributed by atoms with Crippen LogP contribution in [0.15, 0.2) is 64.4 Å². The maximum Gasteiger partial charge on any atom is 0.407 e. The van der Waals surface area contributed by atoms with Crippen molar-refractivity contribution in [2.75, 3.05) is 20.2 Å². The van der Waals surface area contributed by atoms with Crippen molar-refractivity contribution in [2.24, 2.45) is 5.16 Å². The third-order valence-corrected chi connectivity index (χ3v) is 6.03. The molecule has 0 bridgehead atoms. The van der Waals surface area contributed by atoms with Gasteiger partial charge >= 0.3 is 6.09 Å². The summed E-state index contributed by atoms with van der Waals surface area (Å²) >= 11 is 0. The number of carboxylic acid groups (broad SMARTS) is 1. The summed E-state index contributed by atoms with van der Waals surface area (Å²) in [5.74, 6) is 1.56. The summed E-state index contributed by atoms with van der Waals surface area (Å²) < 4.78 is 6.36. The highest BCUT2D eigenvalue weighted by Crippen LogP contribution is 2.39. The maximum absolute atomic E-state index is 11.2. The first-order chi connectivity index (χ1) is 15.6. The fourth-order valence-corrected chi connectivity index (χ4v) is 4.39. The molecule has 5 rings (SSSR count). The minimum Gasteiger partial charge on any atom is -0.465 e. The van der Waals surface area contributed by atoms with Crippen LogP contribution in [0.5, 0.6) is 0 Å². The summed E-state index contributed by atoms with van der Waals surface area (Å²) in [6.45, 7) is 0.827. The SMILES string of the molecule is CO/N=C1/CCc2cc(-c3cc(C4=CCN(C(=O)O)CC4)oc3-c3ccncc3)ccc21. The number of amides is 1. The summed E-state index contributed by atoms with van der Waals surface area (Å²) in [5.41, 5.74) is 7.42. The number of fused-ring (bicyclic) bond motifs is 1. The number of rotatable bonds is 4. The molecule has 0 unspecified atom stereocenters. The van der Waals surface area contributed by atoms with Crippen LogP contribution >= 0.6 is 0 Å². The first-order valence-corrected chi connectivity index (χ1v) is 10.6. The third kappa shape index (κ3) is 3.66. The van der Waals surface area contributed by atoms with E-state index in [1.807, 2.05) is 18.2 Å². The zero-order valence-electron chi connectivity index (χ0n) is 17.7. The molecule has 0 radical (unpaired) electrons. The Balaban J connectivity index is 1.57. The summed E-state index contributed by atoms with van der Waals surface area (Å²) in [6.07, 6.45) is 6.96. The van der Waals surface area contributed by atoms with Crippen LogP contribution in [0.2, 0.25) is 0 Å². The molecule has 0 atom stereocenters. The number of nitrogens with zero attached hydrogens (tertiary/aromatic N) is 3. The molecule has 3 heterocycles. The standard InChI is InChI=1S/C25H23N3O4/c1-31-27-22-5-3-18-14-19(2-4-20(18)22)21-15-23(16-8-12-28(13-9-16)25(29)30)32-24(21)17-6-10-26-11-7-17/h2,4,6-8,10-11,14-15H,3,5,9,12-13H2,1H3,(H,29,30)/b27-22-. The van der Waals surface area contributed by atoms with Gasteiger partial charge in [-0.25, -0.2) is 4.79 Å². The quantitative estimate of drug-likeness (QED) is 0.585. The fourth-order valence-electron chi connectivity index (χ4n) is 4.39. The highest BCUT2D eigenvalue weighted by atomic mass is 16.6. The molecule has 3 aromatic rings. The Labute approximate surface area is 185 Å². The average Bonchev–Trinajstić information content (AvgIpc) is 3.44. The number of hydrogen-bond donors (Lipinski definition) is 1. The van der Waals surface area contributed by atoms with E-state index in [4.69, 9.17) is 9.25 Å². The van der Waals surface area contributed by atoms with Crippen LogP contribution in [0.3, 0.4) is 0 Å². The smallest absolute Gasteiger partial charge is 0.407 e. The maximum atomic E-state index is 11.2. The van der Waals surface area contributed by atoms with Gasteiger partial charge in [-0.3, -0.25) is 4.98 Å². The second-order valence-corrected chi connectivity index (χ2v) is 7.89. The number of carbonyl (C=O) groups is 1. The average molecular weight is 429 g/mol. The van der Waals surface area contributed by atoms with Crippen LogP contribution in [0.1, 0.15) is 29.7 Å². The topological polar surface area (TPSA) is 88.2 Å². The highest BCUT2D eigenvalue weighted by molar-refractivity contribution is 6.04. The van der Waals surface area contributed by atoms with Gasteiger partial charge in [-0.1, -0.05) is 29.4 Å². The van der Waals surface area contributed by atoms with Gasteiger partial charge in [-0.2, -0.15) is 0 Å². The Bertz CT molecular complexity index is 1230. The first-order valence-electron chi connectivity index (χ1n) is 10.6. The van der Waals surface area contributed by atoms with Crippen LogP contribution in [-0.2, 0) is 11.3 Å². The monoisotopic (exact) mass is 429 g/mol. The predicted molar refractivity (Wildman–Crippen MR) is 121 cm³/mol. The number of aromatic nitrogens is 1. The molecule has 1 aliphatic carbocycles. The second-order valence-electron chi connectivity index (χ2n) is 7.89. The van der Waals surface area contributed by atoms with Gasteiger partial charge in [-0.05, 0) is 54.2 Å². The Hall–Kier alpha value is -3.87. The van der Waals surface area contributed by atoms with Gasteiger partial charge in [-0.15, -0.1) is 0 Å². The Kier molecular flexibility index (Phi) is 5.23. The van der Waals surface area contributed by atoms with Crippen LogP contribution in [0, 0.1) is 0 Å². The Morgan fingerprint density at radius 3 is 2.66 bits per heavy atom.